The molecular weight excluding hydrogens is 282 g/mol. The van der Waals surface area contributed by atoms with Crippen LogP contribution in [-0.2, 0) is 11.3 Å². The summed E-state index contributed by atoms with van der Waals surface area (Å²) in [4.78, 5) is 0. The maximum absolute atomic E-state index is 9.35. The van der Waals surface area contributed by atoms with Crippen LogP contribution in [0.2, 0.25) is 0 Å². The topological polar surface area (TPSA) is 41.5 Å². The Morgan fingerprint density at radius 1 is 1.35 bits per heavy atom. The number of phenols is 1. The first kappa shape index (κ1) is 14.5. The standard InChI is InChI=1S/C13H20BrNO2/c1-2-3-7-17-8-6-15-10-11-4-5-13(16)12(14)9-11/h4-5,9,15-16H,2-3,6-8,10H2,1H3. The molecular formula is C13H20BrNO2. The van der Waals surface area contributed by atoms with E-state index in [2.05, 4.69) is 28.2 Å². The van der Waals surface area contributed by atoms with Crippen molar-refractivity contribution in [3.05, 3.63) is 28.2 Å². The molecule has 0 aromatic heterocycles. The van der Waals surface area contributed by atoms with Gasteiger partial charge < -0.3 is 15.2 Å². The van der Waals surface area contributed by atoms with Gasteiger partial charge in [0.2, 0.25) is 0 Å². The zero-order valence-electron chi connectivity index (χ0n) is 10.2. The highest BCUT2D eigenvalue weighted by atomic mass is 79.9. The Labute approximate surface area is 111 Å². The predicted molar refractivity (Wildman–Crippen MR) is 73.2 cm³/mol. The normalized spacial score (nSPS) is 10.7. The number of aromatic hydroxyl groups is 1. The van der Waals surface area contributed by atoms with Crippen molar-refractivity contribution < 1.29 is 9.84 Å². The van der Waals surface area contributed by atoms with E-state index in [4.69, 9.17) is 4.74 Å². The van der Waals surface area contributed by atoms with E-state index in [1.165, 1.54) is 6.42 Å². The van der Waals surface area contributed by atoms with Gasteiger partial charge in [0, 0.05) is 19.7 Å². The maximum atomic E-state index is 9.35. The summed E-state index contributed by atoms with van der Waals surface area (Å²) in [5.74, 6) is 0.275. The van der Waals surface area contributed by atoms with Crippen LogP contribution in [0.4, 0.5) is 0 Å². The smallest absolute Gasteiger partial charge is 0.129 e. The molecule has 0 aliphatic rings. The van der Waals surface area contributed by atoms with E-state index in [1.54, 1.807) is 6.07 Å². The summed E-state index contributed by atoms with van der Waals surface area (Å²) in [7, 11) is 0. The van der Waals surface area contributed by atoms with Gasteiger partial charge in [-0.25, -0.2) is 0 Å². The lowest BCUT2D eigenvalue weighted by Crippen LogP contribution is -2.19. The summed E-state index contributed by atoms with van der Waals surface area (Å²) in [5.41, 5.74) is 1.14. The van der Waals surface area contributed by atoms with Gasteiger partial charge in [-0.2, -0.15) is 0 Å². The number of halogens is 1. The largest absolute Gasteiger partial charge is 0.507 e. The third kappa shape index (κ3) is 6.05. The molecule has 1 rings (SSSR count). The minimum absolute atomic E-state index is 0.275. The molecule has 0 saturated heterocycles. The van der Waals surface area contributed by atoms with Crippen LogP contribution in [-0.4, -0.2) is 24.9 Å². The zero-order valence-corrected chi connectivity index (χ0v) is 11.8. The van der Waals surface area contributed by atoms with E-state index in [9.17, 15) is 5.11 Å². The van der Waals surface area contributed by atoms with Gasteiger partial charge in [-0.3, -0.25) is 0 Å². The number of nitrogens with one attached hydrogen (secondary N) is 1. The Morgan fingerprint density at radius 2 is 2.18 bits per heavy atom. The summed E-state index contributed by atoms with van der Waals surface area (Å²) in [6.07, 6.45) is 2.31. The number of ether oxygens (including phenoxy) is 1. The van der Waals surface area contributed by atoms with Crippen LogP contribution >= 0.6 is 15.9 Å². The van der Waals surface area contributed by atoms with Crippen molar-refractivity contribution in [3.63, 3.8) is 0 Å². The predicted octanol–water partition coefficient (Wildman–Crippen LogP) is 3.06. The molecule has 0 fully saturated rings. The van der Waals surface area contributed by atoms with Crippen LogP contribution < -0.4 is 5.32 Å². The quantitative estimate of drug-likeness (QED) is 0.725. The van der Waals surface area contributed by atoms with E-state index in [1.807, 2.05) is 12.1 Å². The van der Waals surface area contributed by atoms with E-state index in [0.29, 0.717) is 0 Å². The Kier molecular flexibility index (Phi) is 7.24. The van der Waals surface area contributed by atoms with Crippen molar-refractivity contribution in [1.29, 1.82) is 0 Å². The second-order valence-corrected chi connectivity index (χ2v) is 4.78. The molecule has 4 heteroatoms. The first-order chi connectivity index (χ1) is 8.24. The summed E-state index contributed by atoms with van der Waals surface area (Å²) < 4.78 is 6.18. The van der Waals surface area contributed by atoms with Crippen LogP contribution in [0.3, 0.4) is 0 Å². The summed E-state index contributed by atoms with van der Waals surface area (Å²) >= 11 is 3.29. The van der Waals surface area contributed by atoms with Crippen molar-refractivity contribution in [2.75, 3.05) is 19.8 Å². The number of rotatable bonds is 8. The van der Waals surface area contributed by atoms with Crippen molar-refractivity contribution >= 4 is 15.9 Å². The molecule has 0 saturated carbocycles. The Hall–Kier alpha value is -0.580. The molecule has 17 heavy (non-hydrogen) atoms. The zero-order chi connectivity index (χ0) is 12.5. The second kappa shape index (κ2) is 8.50. The van der Waals surface area contributed by atoms with Crippen LogP contribution in [0.15, 0.2) is 22.7 Å². The molecule has 0 unspecified atom stereocenters. The van der Waals surface area contributed by atoms with Crippen molar-refractivity contribution in [2.45, 2.75) is 26.3 Å². The molecule has 0 radical (unpaired) electrons. The van der Waals surface area contributed by atoms with Gasteiger partial charge in [-0.1, -0.05) is 19.4 Å². The van der Waals surface area contributed by atoms with Crippen molar-refractivity contribution in [1.82, 2.24) is 5.32 Å². The summed E-state index contributed by atoms with van der Waals surface area (Å²) in [5, 5.41) is 12.6. The molecule has 2 N–H and O–H groups in total. The molecule has 3 nitrogen and oxygen atoms in total. The van der Waals surface area contributed by atoms with Crippen LogP contribution in [0, 0.1) is 0 Å². The average molecular weight is 302 g/mol. The summed E-state index contributed by atoms with van der Waals surface area (Å²) in [6, 6.07) is 5.52. The van der Waals surface area contributed by atoms with Gasteiger partial charge in [-0.05, 0) is 40.0 Å². The Morgan fingerprint density at radius 3 is 2.88 bits per heavy atom. The highest BCUT2D eigenvalue weighted by Crippen LogP contribution is 2.23. The van der Waals surface area contributed by atoms with Gasteiger partial charge >= 0.3 is 0 Å². The fourth-order valence-electron chi connectivity index (χ4n) is 1.39. The van der Waals surface area contributed by atoms with Crippen LogP contribution in [0.5, 0.6) is 5.75 Å². The first-order valence-corrected chi connectivity index (χ1v) is 6.79. The SMILES string of the molecule is CCCCOCCNCc1ccc(O)c(Br)c1. The number of hydrogen-bond acceptors (Lipinski definition) is 3. The summed E-state index contributed by atoms with van der Waals surface area (Å²) in [6.45, 7) is 5.39. The van der Waals surface area contributed by atoms with Gasteiger partial charge in [0.1, 0.15) is 5.75 Å². The molecule has 0 aliphatic carbocycles. The molecule has 96 valence electrons. The molecule has 1 aromatic rings. The van der Waals surface area contributed by atoms with E-state index in [-0.39, 0.29) is 5.75 Å². The Bertz CT molecular complexity index is 331. The minimum Gasteiger partial charge on any atom is -0.507 e. The monoisotopic (exact) mass is 301 g/mol. The van der Waals surface area contributed by atoms with Gasteiger partial charge in [-0.15, -0.1) is 0 Å². The molecule has 0 bridgehead atoms. The lowest BCUT2D eigenvalue weighted by Gasteiger charge is -2.07. The molecule has 0 atom stereocenters. The van der Waals surface area contributed by atoms with E-state index < -0.39 is 0 Å². The first-order valence-electron chi connectivity index (χ1n) is 6.00. The number of unbranched alkanes of at least 4 members (excludes halogenated alkanes) is 1. The van der Waals surface area contributed by atoms with Gasteiger partial charge in [0.25, 0.3) is 0 Å². The number of phenolic OH excluding ortho intramolecular Hbond substituents is 1. The van der Waals surface area contributed by atoms with Crippen molar-refractivity contribution in [2.24, 2.45) is 0 Å². The molecule has 0 amide bonds. The highest BCUT2D eigenvalue weighted by molar-refractivity contribution is 9.10. The lowest BCUT2D eigenvalue weighted by molar-refractivity contribution is 0.133. The second-order valence-electron chi connectivity index (χ2n) is 3.93. The van der Waals surface area contributed by atoms with Gasteiger partial charge in [0.15, 0.2) is 0 Å². The number of hydrogen-bond donors (Lipinski definition) is 2. The lowest BCUT2D eigenvalue weighted by atomic mass is 10.2. The van der Waals surface area contributed by atoms with Crippen LogP contribution in [0.25, 0.3) is 0 Å². The van der Waals surface area contributed by atoms with Gasteiger partial charge in [0.05, 0.1) is 11.1 Å². The third-order valence-electron chi connectivity index (χ3n) is 2.41. The maximum Gasteiger partial charge on any atom is 0.129 e. The van der Waals surface area contributed by atoms with E-state index in [0.717, 1.165) is 42.8 Å². The fraction of sp³-hybridized carbons (Fsp3) is 0.538. The molecule has 0 heterocycles. The van der Waals surface area contributed by atoms with E-state index >= 15 is 0 Å². The Balaban J connectivity index is 2.11. The van der Waals surface area contributed by atoms with Crippen LogP contribution in [0.1, 0.15) is 25.3 Å². The highest BCUT2D eigenvalue weighted by Gasteiger charge is 1.99. The molecule has 1 aromatic carbocycles. The average Bonchev–Trinajstić information content (AvgIpc) is 2.32. The minimum atomic E-state index is 0.275. The van der Waals surface area contributed by atoms with Crippen molar-refractivity contribution in [3.8, 4) is 5.75 Å². The molecule has 0 aliphatic heterocycles. The number of benzene rings is 1. The third-order valence-corrected chi connectivity index (χ3v) is 3.04. The molecule has 0 spiro atoms. The fourth-order valence-corrected chi connectivity index (χ4v) is 1.81.